The summed E-state index contributed by atoms with van der Waals surface area (Å²) in [5.41, 5.74) is 1.74. The first kappa shape index (κ1) is 21.9. The monoisotopic (exact) mass is 443 g/mol. The maximum absolute atomic E-state index is 12.9. The van der Waals surface area contributed by atoms with Crippen LogP contribution in [0.25, 0.3) is 6.08 Å². The second-order valence-electron chi connectivity index (χ2n) is 6.26. The summed E-state index contributed by atoms with van der Waals surface area (Å²) in [7, 11) is 1.51. The van der Waals surface area contributed by atoms with E-state index in [-0.39, 0.29) is 19.1 Å². The summed E-state index contributed by atoms with van der Waals surface area (Å²) in [6.07, 6.45) is 1.75. The number of thioether (sulfide) groups is 1. The molecular formula is C22H21NO5S2. The Morgan fingerprint density at radius 3 is 2.63 bits per heavy atom. The number of hydrogen-bond acceptors (Lipinski definition) is 7. The highest BCUT2D eigenvalue weighted by Gasteiger charge is 2.32. The summed E-state index contributed by atoms with van der Waals surface area (Å²) in [5, 5.41) is 0. The molecule has 0 saturated carbocycles. The quantitative estimate of drug-likeness (QED) is 0.347. The minimum absolute atomic E-state index is 0.140. The van der Waals surface area contributed by atoms with Crippen LogP contribution in [0, 0.1) is 0 Å². The Kier molecular flexibility index (Phi) is 7.48. The molecule has 1 saturated heterocycles. The van der Waals surface area contributed by atoms with E-state index < -0.39 is 5.97 Å². The molecule has 0 bridgehead atoms. The number of esters is 1. The van der Waals surface area contributed by atoms with Gasteiger partial charge in [0.25, 0.3) is 5.91 Å². The average molecular weight is 444 g/mol. The number of amides is 1. The highest BCUT2D eigenvalue weighted by Crippen LogP contribution is 2.35. The minimum Gasteiger partial charge on any atom is -0.493 e. The van der Waals surface area contributed by atoms with Crippen LogP contribution < -0.4 is 9.47 Å². The molecule has 1 heterocycles. The van der Waals surface area contributed by atoms with Gasteiger partial charge in [0.05, 0.1) is 25.2 Å². The van der Waals surface area contributed by atoms with E-state index in [1.807, 2.05) is 30.3 Å². The van der Waals surface area contributed by atoms with Crippen molar-refractivity contribution in [2.24, 2.45) is 0 Å². The molecule has 30 heavy (non-hydrogen) atoms. The fourth-order valence-electron chi connectivity index (χ4n) is 2.79. The van der Waals surface area contributed by atoms with Crippen LogP contribution in [0.1, 0.15) is 18.1 Å². The summed E-state index contributed by atoms with van der Waals surface area (Å²) in [5.74, 6) is 0.262. The number of carbonyl (C=O) groups is 2. The van der Waals surface area contributed by atoms with Gasteiger partial charge >= 0.3 is 5.97 Å². The maximum Gasteiger partial charge on any atom is 0.344 e. The number of benzene rings is 2. The molecule has 156 valence electrons. The predicted molar refractivity (Wildman–Crippen MR) is 120 cm³/mol. The van der Waals surface area contributed by atoms with Gasteiger partial charge in [-0.05, 0) is 36.3 Å². The lowest BCUT2D eigenvalue weighted by atomic mass is 10.1. The molecule has 6 nitrogen and oxygen atoms in total. The van der Waals surface area contributed by atoms with Crippen LogP contribution in [0.4, 0.5) is 0 Å². The minimum atomic E-state index is -0.466. The van der Waals surface area contributed by atoms with Crippen LogP contribution in [0.15, 0.2) is 53.4 Å². The molecule has 8 heteroatoms. The molecule has 0 unspecified atom stereocenters. The van der Waals surface area contributed by atoms with Gasteiger partial charge in [-0.2, -0.15) is 0 Å². The lowest BCUT2D eigenvalue weighted by Gasteiger charge is -2.14. The Hall–Kier alpha value is -2.84. The second-order valence-corrected chi connectivity index (χ2v) is 7.93. The van der Waals surface area contributed by atoms with Crippen molar-refractivity contribution < 1.29 is 23.8 Å². The molecule has 1 aliphatic heterocycles. The van der Waals surface area contributed by atoms with Crippen LogP contribution >= 0.6 is 24.0 Å². The first-order valence-corrected chi connectivity index (χ1v) is 10.5. The molecule has 0 aliphatic carbocycles. The standard InChI is InChI=1S/C22H21NO5S2/c1-3-27-20(24)14-28-18-11-16(9-10-17(18)26-2)12-19-21(25)23(22(29)30-19)13-15-7-5-4-6-8-15/h4-12H,3,13-14H2,1-2H3/b19-12+. The van der Waals surface area contributed by atoms with E-state index in [0.717, 1.165) is 11.1 Å². The van der Waals surface area contributed by atoms with Crippen molar-refractivity contribution in [3.05, 3.63) is 64.6 Å². The third-order valence-corrected chi connectivity index (χ3v) is 5.57. The fourth-order valence-corrected chi connectivity index (χ4v) is 4.04. The van der Waals surface area contributed by atoms with Crippen molar-refractivity contribution in [3.8, 4) is 11.5 Å². The van der Waals surface area contributed by atoms with E-state index in [1.165, 1.54) is 18.9 Å². The molecule has 1 aliphatic rings. The topological polar surface area (TPSA) is 65.1 Å². The SMILES string of the molecule is CCOC(=O)COc1cc(/C=C2/SC(=S)N(Cc3ccccc3)C2=O)ccc1OC. The Balaban J connectivity index is 1.77. The predicted octanol–water partition coefficient (Wildman–Crippen LogP) is 4.04. The van der Waals surface area contributed by atoms with Crippen LogP contribution in [0.3, 0.4) is 0 Å². The van der Waals surface area contributed by atoms with E-state index in [0.29, 0.717) is 27.3 Å². The number of thiocarbonyl (C=S) groups is 1. The summed E-state index contributed by atoms with van der Waals surface area (Å²) in [6, 6.07) is 14.9. The fraction of sp³-hybridized carbons (Fsp3) is 0.227. The van der Waals surface area contributed by atoms with E-state index in [2.05, 4.69) is 0 Å². The highest BCUT2D eigenvalue weighted by atomic mass is 32.2. The molecule has 2 aromatic carbocycles. The molecule has 0 spiro atoms. The van der Waals surface area contributed by atoms with Crippen molar-refractivity contribution in [1.29, 1.82) is 0 Å². The highest BCUT2D eigenvalue weighted by molar-refractivity contribution is 8.26. The van der Waals surface area contributed by atoms with Crippen molar-refractivity contribution in [2.45, 2.75) is 13.5 Å². The van der Waals surface area contributed by atoms with Crippen molar-refractivity contribution in [2.75, 3.05) is 20.3 Å². The van der Waals surface area contributed by atoms with Gasteiger partial charge in [-0.25, -0.2) is 4.79 Å². The van der Waals surface area contributed by atoms with Crippen LogP contribution in [0.5, 0.6) is 11.5 Å². The Labute approximate surface area is 184 Å². The van der Waals surface area contributed by atoms with Gasteiger partial charge < -0.3 is 14.2 Å². The number of rotatable bonds is 8. The number of ether oxygens (including phenoxy) is 3. The molecule has 1 fully saturated rings. The second kappa shape index (κ2) is 10.3. The van der Waals surface area contributed by atoms with Gasteiger partial charge in [0.2, 0.25) is 0 Å². The van der Waals surface area contributed by atoms with Gasteiger partial charge in [-0.1, -0.05) is 60.4 Å². The molecule has 1 amide bonds. The summed E-state index contributed by atoms with van der Waals surface area (Å²) >= 11 is 6.66. The molecule has 0 radical (unpaired) electrons. The van der Waals surface area contributed by atoms with Gasteiger partial charge in [0.1, 0.15) is 4.32 Å². The van der Waals surface area contributed by atoms with Crippen molar-refractivity contribution >= 4 is 46.3 Å². The number of hydrogen-bond donors (Lipinski definition) is 0. The van der Waals surface area contributed by atoms with Gasteiger partial charge in [-0.3, -0.25) is 9.69 Å². The van der Waals surface area contributed by atoms with E-state index in [9.17, 15) is 9.59 Å². The largest absolute Gasteiger partial charge is 0.493 e. The lowest BCUT2D eigenvalue weighted by Crippen LogP contribution is -2.27. The Bertz CT molecular complexity index is 975. The molecule has 0 atom stereocenters. The maximum atomic E-state index is 12.9. The summed E-state index contributed by atoms with van der Waals surface area (Å²) in [4.78, 5) is 26.5. The van der Waals surface area contributed by atoms with Gasteiger partial charge in [0, 0.05) is 0 Å². The summed E-state index contributed by atoms with van der Waals surface area (Å²) < 4.78 is 16.2. The summed E-state index contributed by atoms with van der Waals surface area (Å²) in [6.45, 7) is 2.21. The molecular weight excluding hydrogens is 422 g/mol. The van der Waals surface area contributed by atoms with Crippen molar-refractivity contribution in [1.82, 2.24) is 4.90 Å². The van der Waals surface area contributed by atoms with Crippen molar-refractivity contribution in [3.63, 3.8) is 0 Å². The smallest absolute Gasteiger partial charge is 0.344 e. The third-order valence-electron chi connectivity index (χ3n) is 4.19. The zero-order chi connectivity index (χ0) is 21.5. The van der Waals surface area contributed by atoms with Crippen LogP contribution in [0.2, 0.25) is 0 Å². The van der Waals surface area contributed by atoms with Crippen LogP contribution in [-0.2, 0) is 20.9 Å². The zero-order valence-corrected chi connectivity index (χ0v) is 18.3. The van der Waals surface area contributed by atoms with Gasteiger partial charge in [0.15, 0.2) is 18.1 Å². The molecule has 3 rings (SSSR count). The number of nitrogens with zero attached hydrogens (tertiary/aromatic N) is 1. The normalized spacial score (nSPS) is 14.9. The average Bonchev–Trinajstić information content (AvgIpc) is 3.00. The number of methoxy groups -OCH3 is 1. The van der Waals surface area contributed by atoms with E-state index in [1.54, 1.807) is 36.1 Å². The van der Waals surface area contributed by atoms with E-state index >= 15 is 0 Å². The molecule has 0 aromatic heterocycles. The zero-order valence-electron chi connectivity index (χ0n) is 16.6. The van der Waals surface area contributed by atoms with Crippen LogP contribution in [-0.4, -0.2) is 41.4 Å². The first-order valence-electron chi connectivity index (χ1n) is 9.27. The first-order chi connectivity index (χ1) is 14.5. The molecule has 2 aromatic rings. The molecule has 0 N–H and O–H groups in total. The lowest BCUT2D eigenvalue weighted by molar-refractivity contribution is -0.145. The number of carbonyl (C=O) groups excluding carboxylic acids is 2. The third kappa shape index (κ3) is 5.40. The Morgan fingerprint density at radius 1 is 1.17 bits per heavy atom. The Morgan fingerprint density at radius 2 is 1.93 bits per heavy atom. The van der Waals surface area contributed by atoms with Gasteiger partial charge in [-0.15, -0.1) is 0 Å². The van der Waals surface area contributed by atoms with E-state index in [4.69, 9.17) is 26.4 Å².